The monoisotopic (exact) mass is 406 g/mol. The molecule has 0 bridgehead atoms. The second-order valence-electron chi connectivity index (χ2n) is 7.51. The van der Waals surface area contributed by atoms with Gasteiger partial charge in [0, 0.05) is 17.5 Å². The molecular weight excluding hydrogens is 385 g/mol. The van der Waals surface area contributed by atoms with Crippen molar-refractivity contribution in [1.82, 2.24) is 0 Å². The van der Waals surface area contributed by atoms with Crippen molar-refractivity contribution in [1.29, 1.82) is 0 Å². The fourth-order valence-electron chi connectivity index (χ4n) is 4.16. The van der Waals surface area contributed by atoms with E-state index in [0.29, 0.717) is 47.6 Å². The number of carbonyl (C=O) groups is 1. The minimum Gasteiger partial charge on any atom is -0.492 e. The number of carbonyl (C=O) groups excluding carboxylic acids is 1. The van der Waals surface area contributed by atoms with Gasteiger partial charge in [-0.25, -0.2) is 0 Å². The first-order valence-electron chi connectivity index (χ1n) is 9.47. The number of hydrogen-bond acceptors (Lipinski definition) is 4. The van der Waals surface area contributed by atoms with Crippen LogP contribution in [0.1, 0.15) is 52.7 Å². The molecule has 0 fully saturated rings. The molecule has 0 aromatic heterocycles. The van der Waals surface area contributed by atoms with Crippen molar-refractivity contribution < 1.29 is 32.2 Å². The second kappa shape index (κ2) is 7.28. The van der Waals surface area contributed by atoms with Gasteiger partial charge in [0.15, 0.2) is 0 Å². The summed E-state index contributed by atoms with van der Waals surface area (Å²) in [5.41, 5.74) is 1.83. The summed E-state index contributed by atoms with van der Waals surface area (Å²) in [6.07, 6.45) is -3.75. The molecule has 2 aromatic carbocycles. The normalized spacial score (nSPS) is 20.0. The molecule has 1 aliphatic heterocycles. The van der Waals surface area contributed by atoms with Crippen molar-refractivity contribution in [2.45, 2.75) is 44.4 Å². The number of rotatable bonds is 4. The lowest BCUT2D eigenvalue weighted by Gasteiger charge is -2.18. The zero-order chi connectivity index (χ0) is 20.8. The van der Waals surface area contributed by atoms with E-state index in [9.17, 15) is 18.0 Å². The maximum Gasteiger partial charge on any atom is 0.416 e. The van der Waals surface area contributed by atoms with Crippen molar-refractivity contribution in [3.05, 3.63) is 58.1 Å². The molecule has 4 nitrogen and oxygen atoms in total. The van der Waals surface area contributed by atoms with E-state index in [1.807, 2.05) is 6.07 Å². The van der Waals surface area contributed by atoms with Crippen molar-refractivity contribution in [2.75, 3.05) is 13.7 Å². The van der Waals surface area contributed by atoms with E-state index < -0.39 is 17.8 Å². The van der Waals surface area contributed by atoms with Crippen LogP contribution < -0.4 is 9.47 Å². The predicted octanol–water partition coefficient (Wildman–Crippen LogP) is 5.12. The van der Waals surface area contributed by atoms with Gasteiger partial charge in [-0.3, -0.25) is 4.79 Å². The maximum atomic E-state index is 13.4. The first-order valence-corrected chi connectivity index (χ1v) is 9.47. The number of benzene rings is 2. The van der Waals surface area contributed by atoms with E-state index in [1.54, 1.807) is 25.1 Å². The topological polar surface area (TPSA) is 44.8 Å². The number of hydrogen-bond donors (Lipinski definition) is 0. The average molecular weight is 406 g/mol. The molecule has 4 rings (SSSR count). The van der Waals surface area contributed by atoms with Gasteiger partial charge in [0.05, 0.1) is 25.7 Å². The molecule has 1 heterocycles. The molecule has 0 N–H and O–H groups in total. The standard InChI is InChI=1S/C22H21F3O4/c1-12-7-17-16(18(8-12)22(23,24)25)5-6-19(17)29-14-3-4-15-13(9-21(26)27-2)11-28-20(15)10-14/h3-4,7-8,10,13,19H,5-6,9,11H2,1-2H3/t13?,19-/m1/s1. The highest BCUT2D eigenvalue weighted by atomic mass is 19.4. The van der Waals surface area contributed by atoms with Crippen LogP contribution in [0.4, 0.5) is 13.2 Å². The number of methoxy groups -OCH3 is 1. The largest absolute Gasteiger partial charge is 0.492 e. The number of alkyl halides is 3. The second-order valence-corrected chi connectivity index (χ2v) is 7.51. The summed E-state index contributed by atoms with van der Waals surface area (Å²) in [4.78, 5) is 11.5. The molecule has 29 heavy (non-hydrogen) atoms. The zero-order valence-electron chi connectivity index (χ0n) is 16.1. The summed E-state index contributed by atoms with van der Waals surface area (Å²) >= 11 is 0. The third kappa shape index (κ3) is 3.78. The van der Waals surface area contributed by atoms with Crippen LogP contribution >= 0.6 is 0 Å². The van der Waals surface area contributed by atoms with Crippen LogP contribution in [-0.2, 0) is 22.1 Å². The van der Waals surface area contributed by atoms with E-state index in [4.69, 9.17) is 14.2 Å². The van der Waals surface area contributed by atoms with Gasteiger partial charge in [-0.1, -0.05) is 17.7 Å². The summed E-state index contributed by atoms with van der Waals surface area (Å²) < 4.78 is 56.6. The molecule has 0 radical (unpaired) electrons. The lowest BCUT2D eigenvalue weighted by atomic mass is 9.98. The van der Waals surface area contributed by atoms with Gasteiger partial charge in [0.2, 0.25) is 0 Å². The fraction of sp³-hybridized carbons (Fsp3) is 0.409. The molecule has 2 atom stereocenters. The fourth-order valence-corrected chi connectivity index (χ4v) is 4.16. The number of esters is 1. The lowest BCUT2D eigenvalue weighted by Crippen LogP contribution is -2.11. The van der Waals surface area contributed by atoms with E-state index >= 15 is 0 Å². The lowest BCUT2D eigenvalue weighted by molar-refractivity contribution is -0.141. The molecule has 0 saturated heterocycles. The van der Waals surface area contributed by atoms with Crippen LogP contribution in [0.2, 0.25) is 0 Å². The zero-order valence-corrected chi connectivity index (χ0v) is 16.1. The Kier molecular flexibility index (Phi) is 4.92. The summed E-state index contributed by atoms with van der Waals surface area (Å²) in [5, 5.41) is 0. The van der Waals surface area contributed by atoms with Gasteiger partial charge < -0.3 is 14.2 Å². The Morgan fingerprint density at radius 1 is 1.21 bits per heavy atom. The van der Waals surface area contributed by atoms with E-state index in [0.717, 1.165) is 5.56 Å². The van der Waals surface area contributed by atoms with Crippen LogP contribution in [-0.4, -0.2) is 19.7 Å². The van der Waals surface area contributed by atoms with Crippen LogP contribution in [0, 0.1) is 6.92 Å². The average Bonchev–Trinajstić information content (AvgIpc) is 3.24. The minimum absolute atomic E-state index is 0.0734. The molecule has 7 heteroatoms. The third-order valence-corrected chi connectivity index (χ3v) is 5.52. The smallest absolute Gasteiger partial charge is 0.416 e. The Balaban J connectivity index is 1.56. The van der Waals surface area contributed by atoms with Gasteiger partial charge in [0.25, 0.3) is 0 Å². The summed E-state index contributed by atoms with van der Waals surface area (Å²) in [6, 6.07) is 8.34. The highest BCUT2D eigenvalue weighted by molar-refractivity contribution is 5.71. The number of aryl methyl sites for hydroxylation is 1. The Hall–Kier alpha value is -2.70. The van der Waals surface area contributed by atoms with Crippen molar-refractivity contribution in [3.63, 3.8) is 0 Å². The first kappa shape index (κ1) is 19.6. The Morgan fingerprint density at radius 2 is 2.00 bits per heavy atom. The molecule has 1 aliphatic carbocycles. The number of fused-ring (bicyclic) bond motifs is 2. The summed E-state index contributed by atoms with van der Waals surface area (Å²) in [5.74, 6) is 0.797. The van der Waals surface area contributed by atoms with Crippen molar-refractivity contribution in [2.24, 2.45) is 0 Å². The summed E-state index contributed by atoms with van der Waals surface area (Å²) in [7, 11) is 1.35. The molecule has 2 aliphatic rings. The molecule has 0 saturated carbocycles. The number of ether oxygens (including phenoxy) is 3. The van der Waals surface area contributed by atoms with Gasteiger partial charge in [-0.15, -0.1) is 0 Å². The SMILES string of the molecule is COC(=O)CC1COc2cc(O[C@@H]3CCc4c3cc(C)cc4C(F)(F)F)ccc21. The summed E-state index contributed by atoms with van der Waals surface area (Å²) in [6.45, 7) is 2.05. The molecule has 0 amide bonds. The minimum atomic E-state index is -4.37. The molecule has 0 spiro atoms. The van der Waals surface area contributed by atoms with E-state index in [2.05, 4.69) is 0 Å². The van der Waals surface area contributed by atoms with Crippen LogP contribution in [0.5, 0.6) is 11.5 Å². The number of halogens is 3. The Bertz CT molecular complexity index is 952. The van der Waals surface area contributed by atoms with Gasteiger partial charge in [-0.05, 0) is 43.0 Å². The van der Waals surface area contributed by atoms with Gasteiger partial charge >= 0.3 is 12.1 Å². The van der Waals surface area contributed by atoms with E-state index in [1.165, 1.54) is 13.2 Å². The quantitative estimate of drug-likeness (QED) is 0.662. The van der Waals surface area contributed by atoms with Crippen LogP contribution in [0.25, 0.3) is 0 Å². The predicted molar refractivity (Wildman–Crippen MR) is 99.2 cm³/mol. The first-order chi connectivity index (χ1) is 13.8. The van der Waals surface area contributed by atoms with Gasteiger partial charge in [0.1, 0.15) is 17.6 Å². The Labute approximate surface area is 166 Å². The van der Waals surface area contributed by atoms with E-state index in [-0.39, 0.29) is 18.3 Å². The van der Waals surface area contributed by atoms with Crippen LogP contribution in [0.3, 0.4) is 0 Å². The highest BCUT2D eigenvalue weighted by Crippen LogP contribution is 2.44. The third-order valence-electron chi connectivity index (χ3n) is 5.52. The molecule has 154 valence electrons. The Morgan fingerprint density at radius 3 is 2.72 bits per heavy atom. The van der Waals surface area contributed by atoms with Crippen molar-refractivity contribution in [3.8, 4) is 11.5 Å². The molecule has 1 unspecified atom stereocenters. The molecular formula is C22H21F3O4. The van der Waals surface area contributed by atoms with Crippen LogP contribution in [0.15, 0.2) is 30.3 Å². The van der Waals surface area contributed by atoms with Gasteiger partial charge in [-0.2, -0.15) is 13.2 Å². The highest BCUT2D eigenvalue weighted by Gasteiger charge is 2.38. The maximum absolute atomic E-state index is 13.4. The molecule has 2 aromatic rings. The van der Waals surface area contributed by atoms with Crippen molar-refractivity contribution >= 4 is 5.97 Å².